The quantitative estimate of drug-likeness (QED) is 0.530. The fourth-order valence-corrected chi connectivity index (χ4v) is 0.600. The van der Waals surface area contributed by atoms with E-state index in [0.29, 0.717) is 6.54 Å². The van der Waals surface area contributed by atoms with Crippen molar-refractivity contribution in [2.24, 2.45) is 5.73 Å². The van der Waals surface area contributed by atoms with Gasteiger partial charge in [-0.2, -0.15) is 0 Å². The topological polar surface area (TPSA) is 38.0 Å². The molecule has 0 saturated carbocycles. The number of nitrogens with one attached hydrogen (secondary N) is 1. The smallest absolute Gasteiger partial charge is 0.0448 e. The number of nitrogens with two attached hydrogens (primary N) is 1. The Hall–Kier alpha value is -0.760. The van der Waals surface area contributed by atoms with Crippen LogP contribution in [0.25, 0.3) is 0 Å². The summed E-state index contributed by atoms with van der Waals surface area (Å²) in [5, 5.41) is 3.00. The first kappa shape index (κ1) is 8.24. The largest absolute Gasteiger partial charge is 0.385 e. The lowest BCUT2D eigenvalue weighted by molar-refractivity contribution is 0.648. The Kier molecular flexibility index (Phi) is 4.92. The molecular weight excluding hydrogens is 112 g/mol. The zero-order chi connectivity index (χ0) is 7.11. The molecule has 1 atom stereocenters. The monoisotopic (exact) mass is 126 g/mol. The van der Waals surface area contributed by atoms with Gasteiger partial charge in [0.2, 0.25) is 0 Å². The lowest BCUT2D eigenvalue weighted by Gasteiger charge is -2.09. The second kappa shape index (κ2) is 5.38. The van der Waals surface area contributed by atoms with Crippen LogP contribution in [0.3, 0.4) is 0 Å². The molecule has 3 N–H and O–H groups in total. The zero-order valence-corrected chi connectivity index (χ0v) is 5.64. The molecule has 0 rings (SSSR count). The third-order valence-electron chi connectivity index (χ3n) is 1.09. The van der Waals surface area contributed by atoms with E-state index >= 15 is 0 Å². The predicted octanol–water partition coefficient (Wildman–Crippen LogP) is 0.623. The van der Waals surface area contributed by atoms with Crippen LogP contribution < -0.4 is 11.1 Å². The van der Waals surface area contributed by atoms with Gasteiger partial charge in [0.25, 0.3) is 0 Å². The van der Waals surface area contributed by atoms with Crippen LogP contribution in [0.5, 0.6) is 0 Å². The van der Waals surface area contributed by atoms with E-state index in [1.54, 1.807) is 6.20 Å². The Morgan fingerprint density at radius 2 is 2.22 bits per heavy atom. The van der Waals surface area contributed by atoms with Gasteiger partial charge in [0.05, 0.1) is 0 Å². The van der Waals surface area contributed by atoms with Crippen LogP contribution in [0.2, 0.25) is 0 Å². The van der Waals surface area contributed by atoms with Crippen molar-refractivity contribution >= 4 is 0 Å². The molecule has 0 aliphatic carbocycles. The number of hydrogen-bond acceptors (Lipinski definition) is 2. The molecule has 0 aromatic carbocycles. The fourth-order valence-electron chi connectivity index (χ4n) is 0.600. The molecule has 2 nitrogen and oxygen atoms in total. The molecule has 0 aromatic heterocycles. The molecule has 0 aromatic rings. The van der Waals surface area contributed by atoms with Gasteiger partial charge in [0.1, 0.15) is 0 Å². The highest BCUT2D eigenvalue weighted by Gasteiger charge is 1.95. The van der Waals surface area contributed by atoms with Crippen molar-refractivity contribution in [3.63, 3.8) is 0 Å². The highest BCUT2D eigenvalue weighted by Crippen LogP contribution is 1.88. The summed E-state index contributed by atoms with van der Waals surface area (Å²) in [7, 11) is 0. The first-order chi connectivity index (χ1) is 4.35. The van der Waals surface area contributed by atoms with Crippen molar-refractivity contribution in [3.8, 4) is 0 Å². The summed E-state index contributed by atoms with van der Waals surface area (Å²) in [6.45, 7) is 7.84. The second-order valence-corrected chi connectivity index (χ2v) is 1.79. The van der Waals surface area contributed by atoms with Gasteiger partial charge in [0, 0.05) is 6.04 Å². The summed E-state index contributed by atoms with van der Waals surface area (Å²) in [6, 6.07) is 0.285. The van der Waals surface area contributed by atoms with Gasteiger partial charge in [-0.15, -0.1) is 6.58 Å². The molecular formula is C7H14N2. The minimum atomic E-state index is 0.285. The van der Waals surface area contributed by atoms with Gasteiger partial charge in [0.15, 0.2) is 0 Å². The van der Waals surface area contributed by atoms with Crippen molar-refractivity contribution in [2.75, 3.05) is 6.54 Å². The molecule has 0 amide bonds. The summed E-state index contributed by atoms with van der Waals surface area (Å²) in [5.41, 5.74) is 5.31. The van der Waals surface area contributed by atoms with Gasteiger partial charge < -0.3 is 11.1 Å². The van der Waals surface area contributed by atoms with E-state index in [1.165, 1.54) is 0 Å². The van der Waals surface area contributed by atoms with E-state index in [-0.39, 0.29) is 6.04 Å². The predicted molar refractivity (Wildman–Crippen MR) is 41.0 cm³/mol. The molecule has 52 valence electrons. The van der Waals surface area contributed by atoms with Crippen molar-refractivity contribution in [3.05, 3.63) is 25.4 Å². The van der Waals surface area contributed by atoms with Crippen LogP contribution in [0.15, 0.2) is 25.4 Å². The Balaban J connectivity index is 3.40. The molecule has 2 heteroatoms. The lowest BCUT2D eigenvalue weighted by atomic mass is 10.2. The summed E-state index contributed by atoms with van der Waals surface area (Å²) >= 11 is 0. The molecule has 0 spiro atoms. The Morgan fingerprint density at radius 3 is 2.56 bits per heavy atom. The van der Waals surface area contributed by atoms with Crippen molar-refractivity contribution in [1.29, 1.82) is 0 Å². The van der Waals surface area contributed by atoms with Crippen LogP contribution in [0.1, 0.15) is 6.42 Å². The van der Waals surface area contributed by atoms with Crippen LogP contribution in [0, 0.1) is 0 Å². The van der Waals surface area contributed by atoms with Gasteiger partial charge in [-0.3, -0.25) is 0 Å². The van der Waals surface area contributed by atoms with Gasteiger partial charge in [-0.25, -0.2) is 0 Å². The van der Waals surface area contributed by atoms with Crippen LogP contribution >= 0.6 is 0 Å². The van der Waals surface area contributed by atoms with Crippen LogP contribution in [0.4, 0.5) is 0 Å². The summed E-state index contributed by atoms with van der Waals surface area (Å²) in [6.07, 6.45) is 4.39. The van der Waals surface area contributed by atoms with Gasteiger partial charge >= 0.3 is 0 Å². The second-order valence-electron chi connectivity index (χ2n) is 1.79. The van der Waals surface area contributed by atoms with Crippen molar-refractivity contribution < 1.29 is 0 Å². The van der Waals surface area contributed by atoms with Crippen LogP contribution in [-0.2, 0) is 0 Å². The third-order valence-corrected chi connectivity index (χ3v) is 1.09. The number of hydrogen-bond donors (Lipinski definition) is 2. The fraction of sp³-hybridized carbons (Fsp3) is 0.429. The van der Waals surface area contributed by atoms with Crippen molar-refractivity contribution in [2.45, 2.75) is 12.5 Å². The van der Waals surface area contributed by atoms with Crippen molar-refractivity contribution in [1.82, 2.24) is 5.32 Å². The van der Waals surface area contributed by atoms with Gasteiger partial charge in [-0.1, -0.05) is 12.7 Å². The van der Waals surface area contributed by atoms with E-state index in [4.69, 9.17) is 5.73 Å². The maximum Gasteiger partial charge on any atom is 0.0448 e. The zero-order valence-electron chi connectivity index (χ0n) is 5.64. The van der Waals surface area contributed by atoms with E-state index < -0.39 is 0 Å². The third kappa shape index (κ3) is 3.79. The normalized spacial score (nSPS) is 12.1. The van der Waals surface area contributed by atoms with E-state index in [2.05, 4.69) is 18.5 Å². The van der Waals surface area contributed by atoms with E-state index in [0.717, 1.165) is 6.42 Å². The average molecular weight is 126 g/mol. The molecule has 0 aliphatic rings. The minimum absolute atomic E-state index is 0.285. The summed E-state index contributed by atoms with van der Waals surface area (Å²) < 4.78 is 0. The molecule has 0 fully saturated rings. The highest BCUT2D eigenvalue weighted by molar-refractivity contribution is 4.88. The molecule has 0 aliphatic heterocycles. The minimum Gasteiger partial charge on any atom is -0.385 e. The summed E-state index contributed by atoms with van der Waals surface area (Å²) in [4.78, 5) is 0. The molecule has 0 saturated heterocycles. The van der Waals surface area contributed by atoms with Crippen LogP contribution in [-0.4, -0.2) is 12.6 Å². The maximum atomic E-state index is 5.31. The standard InChI is InChI=1S/C7H14N2/c1-3-7(5-6-8)9-4-2/h3-4,7,9H,1-2,5-6,8H2. The molecule has 0 heterocycles. The Bertz CT molecular complexity index is 88.9. The Labute approximate surface area is 56.4 Å². The Morgan fingerprint density at radius 1 is 1.56 bits per heavy atom. The molecule has 0 radical (unpaired) electrons. The highest BCUT2D eigenvalue weighted by atomic mass is 14.9. The molecule has 0 bridgehead atoms. The first-order valence-corrected chi connectivity index (χ1v) is 3.04. The lowest BCUT2D eigenvalue weighted by Crippen LogP contribution is -2.24. The van der Waals surface area contributed by atoms with E-state index in [9.17, 15) is 0 Å². The summed E-state index contributed by atoms with van der Waals surface area (Å²) in [5.74, 6) is 0. The molecule has 1 unspecified atom stereocenters. The molecule has 9 heavy (non-hydrogen) atoms. The SMILES string of the molecule is C=CNC(C=C)CCN. The van der Waals surface area contributed by atoms with E-state index in [1.807, 2.05) is 6.08 Å². The maximum absolute atomic E-state index is 5.31. The number of rotatable bonds is 5. The average Bonchev–Trinajstić information content (AvgIpc) is 1.88. The van der Waals surface area contributed by atoms with Gasteiger partial charge in [-0.05, 0) is 19.2 Å². The first-order valence-electron chi connectivity index (χ1n) is 3.04.